The Hall–Kier alpha value is -3.03. The lowest BCUT2D eigenvalue weighted by Gasteiger charge is -2.38. The largest absolute Gasteiger partial charge is 0.333 e. The molecule has 0 saturated carbocycles. The molecule has 2 aromatic heterocycles. The molecule has 29 heavy (non-hydrogen) atoms. The molecule has 4 aromatic rings. The molecule has 0 radical (unpaired) electrons. The van der Waals surface area contributed by atoms with E-state index in [9.17, 15) is 9.59 Å². The molecule has 0 saturated heterocycles. The second-order valence-electron chi connectivity index (χ2n) is 6.92. The van der Waals surface area contributed by atoms with Gasteiger partial charge in [0.2, 0.25) is 5.91 Å². The number of nitrogens with zero attached hydrogens (tertiary/aromatic N) is 2. The molecule has 144 valence electrons. The second kappa shape index (κ2) is 7.09. The summed E-state index contributed by atoms with van der Waals surface area (Å²) in [5.41, 5.74) is 2.19. The van der Waals surface area contributed by atoms with E-state index in [-0.39, 0.29) is 17.9 Å². The SMILES string of the molecule is CN1C(=O)c2ccccc2C(C(=O)Nc2nc3ccccc3s2)C1c1cccs1. The Bertz CT molecular complexity index is 1180. The van der Waals surface area contributed by atoms with Gasteiger partial charge in [-0.05, 0) is 35.2 Å². The Labute approximate surface area is 175 Å². The fourth-order valence-corrected chi connectivity index (χ4v) is 5.65. The Morgan fingerprint density at radius 3 is 2.66 bits per heavy atom. The quantitative estimate of drug-likeness (QED) is 0.513. The van der Waals surface area contributed by atoms with Crippen LogP contribution in [0.15, 0.2) is 66.0 Å². The molecule has 0 bridgehead atoms. The molecule has 5 rings (SSSR count). The first-order valence-corrected chi connectivity index (χ1v) is 10.9. The van der Waals surface area contributed by atoms with Gasteiger partial charge in [-0.1, -0.05) is 47.7 Å². The van der Waals surface area contributed by atoms with Gasteiger partial charge in [-0.3, -0.25) is 9.59 Å². The monoisotopic (exact) mass is 419 g/mol. The van der Waals surface area contributed by atoms with Crippen LogP contribution in [0.25, 0.3) is 10.2 Å². The van der Waals surface area contributed by atoms with Gasteiger partial charge in [-0.2, -0.15) is 0 Å². The van der Waals surface area contributed by atoms with Crippen LogP contribution >= 0.6 is 22.7 Å². The van der Waals surface area contributed by atoms with Crippen LogP contribution in [-0.2, 0) is 4.79 Å². The molecule has 2 aromatic carbocycles. The number of carbonyl (C=O) groups excluding carboxylic acids is 2. The minimum absolute atomic E-state index is 0.0666. The average molecular weight is 420 g/mol. The van der Waals surface area contributed by atoms with E-state index in [1.165, 1.54) is 11.3 Å². The predicted octanol–water partition coefficient (Wildman–Crippen LogP) is 4.91. The predicted molar refractivity (Wildman–Crippen MR) is 117 cm³/mol. The minimum atomic E-state index is -0.514. The first kappa shape index (κ1) is 18.0. The smallest absolute Gasteiger partial charge is 0.254 e. The maximum absolute atomic E-state index is 13.5. The Kier molecular flexibility index (Phi) is 4.41. The van der Waals surface area contributed by atoms with E-state index in [0.717, 1.165) is 20.7 Å². The van der Waals surface area contributed by atoms with Crippen molar-refractivity contribution in [2.24, 2.45) is 0 Å². The van der Waals surface area contributed by atoms with E-state index >= 15 is 0 Å². The second-order valence-corrected chi connectivity index (χ2v) is 8.93. The van der Waals surface area contributed by atoms with Crippen LogP contribution in [0.4, 0.5) is 5.13 Å². The molecule has 2 atom stereocenters. The molecule has 0 aliphatic carbocycles. The fraction of sp³-hybridized carbons (Fsp3) is 0.136. The van der Waals surface area contributed by atoms with Crippen LogP contribution in [0, 0.1) is 0 Å². The zero-order valence-corrected chi connectivity index (χ0v) is 17.2. The number of benzene rings is 2. The molecule has 1 N–H and O–H groups in total. The highest BCUT2D eigenvalue weighted by molar-refractivity contribution is 7.22. The summed E-state index contributed by atoms with van der Waals surface area (Å²) in [6, 6.07) is 18.7. The van der Waals surface area contributed by atoms with Gasteiger partial charge in [0, 0.05) is 17.5 Å². The van der Waals surface area contributed by atoms with Crippen molar-refractivity contribution in [3.63, 3.8) is 0 Å². The topological polar surface area (TPSA) is 62.3 Å². The van der Waals surface area contributed by atoms with Crippen LogP contribution in [0.1, 0.15) is 32.8 Å². The number of hydrogen-bond donors (Lipinski definition) is 1. The van der Waals surface area contributed by atoms with E-state index in [4.69, 9.17) is 0 Å². The lowest BCUT2D eigenvalue weighted by atomic mass is 9.82. The summed E-state index contributed by atoms with van der Waals surface area (Å²) in [4.78, 5) is 33.6. The molecule has 0 fully saturated rings. The maximum Gasteiger partial charge on any atom is 0.254 e. The number of fused-ring (bicyclic) bond motifs is 2. The van der Waals surface area contributed by atoms with Crippen molar-refractivity contribution in [3.8, 4) is 0 Å². The van der Waals surface area contributed by atoms with Crippen molar-refractivity contribution < 1.29 is 9.59 Å². The number of thiazole rings is 1. The van der Waals surface area contributed by atoms with Crippen molar-refractivity contribution in [2.45, 2.75) is 12.0 Å². The molecule has 2 amide bonds. The van der Waals surface area contributed by atoms with Crippen molar-refractivity contribution in [1.29, 1.82) is 0 Å². The zero-order chi connectivity index (χ0) is 20.0. The van der Waals surface area contributed by atoms with Crippen LogP contribution < -0.4 is 5.32 Å². The first-order chi connectivity index (χ1) is 14.1. The standard InChI is InChI=1S/C22H17N3O2S2/c1-25-19(17-11-6-12-28-17)18(13-7-2-3-8-14(13)21(25)27)20(26)24-22-23-15-9-4-5-10-16(15)29-22/h2-12,18-19H,1H3,(H,23,24,26). The number of hydrogen-bond acceptors (Lipinski definition) is 5. The van der Waals surface area contributed by atoms with E-state index in [2.05, 4.69) is 10.3 Å². The molecule has 1 aliphatic rings. The van der Waals surface area contributed by atoms with Crippen LogP contribution in [0.5, 0.6) is 0 Å². The minimum Gasteiger partial charge on any atom is -0.333 e. The molecular formula is C22H17N3O2S2. The summed E-state index contributed by atoms with van der Waals surface area (Å²) in [6.45, 7) is 0. The third-order valence-electron chi connectivity index (χ3n) is 5.22. The first-order valence-electron chi connectivity index (χ1n) is 9.19. The van der Waals surface area contributed by atoms with E-state index in [1.807, 2.05) is 60.0 Å². The van der Waals surface area contributed by atoms with Crippen molar-refractivity contribution in [3.05, 3.63) is 82.0 Å². The summed E-state index contributed by atoms with van der Waals surface area (Å²) in [5.74, 6) is -0.739. The van der Waals surface area contributed by atoms with Gasteiger partial charge in [0.15, 0.2) is 5.13 Å². The molecule has 2 unspecified atom stereocenters. The van der Waals surface area contributed by atoms with Gasteiger partial charge < -0.3 is 10.2 Å². The lowest BCUT2D eigenvalue weighted by Crippen LogP contribution is -2.43. The highest BCUT2D eigenvalue weighted by atomic mass is 32.1. The van der Waals surface area contributed by atoms with Gasteiger partial charge in [-0.15, -0.1) is 11.3 Å². The molecular weight excluding hydrogens is 402 g/mol. The van der Waals surface area contributed by atoms with E-state index in [1.54, 1.807) is 29.4 Å². The molecule has 7 heteroatoms. The van der Waals surface area contributed by atoms with Crippen LogP contribution in [0.3, 0.4) is 0 Å². The summed E-state index contributed by atoms with van der Waals surface area (Å²) in [6.07, 6.45) is 0. The number of anilines is 1. The van der Waals surface area contributed by atoms with Crippen molar-refractivity contribution in [2.75, 3.05) is 12.4 Å². The van der Waals surface area contributed by atoms with Gasteiger partial charge in [0.05, 0.1) is 22.2 Å². The van der Waals surface area contributed by atoms with Crippen molar-refractivity contribution in [1.82, 2.24) is 9.88 Å². The number of aromatic nitrogens is 1. The third-order valence-corrected chi connectivity index (χ3v) is 7.12. The lowest BCUT2D eigenvalue weighted by molar-refractivity contribution is -0.119. The van der Waals surface area contributed by atoms with Gasteiger partial charge >= 0.3 is 0 Å². The Morgan fingerprint density at radius 1 is 1.07 bits per heavy atom. The molecule has 1 aliphatic heterocycles. The molecule has 5 nitrogen and oxygen atoms in total. The van der Waals surface area contributed by atoms with Crippen LogP contribution in [0.2, 0.25) is 0 Å². The number of rotatable bonds is 3. The molecule has 3 heterocycles. The number of nitrogens with one attached hydrogen (secondary N) is 1. The Balaban J connectivity index is 1.58. The maximum atomic E-state index is 13.5. The summed E-state index contributed by atoms with van der Waals surface area (Å²) in [5, 5.41) is 5.54. The summed E-state index contributed by atoms with van der Waals surface area (Å²) >= 11 is 3.00. The fourth-order valence-electron chi connectivity index (χ4n) is 3.88. The normalized spacial score (nSPS) is 18.7. The van der Waals surface area contributed by atoms with E-state index < -0.39 is 5.92 Å². The zero-order valence-electron chi connectivity index (χ0n) is 15.5. The molecule has 0 spiro atoms. The number of likely N-dealkylation sites (N-methyl/N-ethyl adjacent to an activating group) is 1. The third kappa shape index (κ3) is 3.03. The average Bonchev–Trinajstić information content (AvgIpc) is 3.39. The van der Waals surface area contributed by atoms with Crippen LogP contribution in [-0.4, -0.2) is 28.7 Å². The van der Waals surface area contributed by atoms with E-state index in [0.29, 0.717) is 10.7 Å². The highest BCUT2D eigenvalue weighted by Crippen LogP contribution is 2.44. The van der Waals surface area contributed by atoms with Gasteiger partial charge in [0.25, 0.3) is 5.91 Å². The highest BCUT2D eigenvalue weighted by Gasteiger charge is 2.43. The summed E-state index contributed by atoms with van der Waals surface area (Å²) < 4.78 is 1.02. The van der Waals surface area contributed by atoms with Gasteiger partial charge in [-0.25, -0.2) is 4.98 Å². The number of thiophene rings is 1. The van der Waals surface area contributed by atoms with Crippen molar-refractivity contribution >= 4 is 49.8 Å². The number of amides is 2. The van der Waals surface area contributed by atoms with Gasteiger partial charge in [0.1, 0.15) is 0 Å². The number of carbonyl (C=O) groups is 2. The number of para-hydroxylation sites is 1. The summed E-state index contributed by atoms with van der Waals surface area (Å²) in [7, 11) is 1.76. The Morgan fingerprint density at radius 2 is 1.86 bits per heavy atom.